The van der Waals surface area contributed by atoms with Crippen LogP contribution in [0.15, 0.2) is 194 Å². The summed E-state index contributed by atoms with van der Waals surface area (Å²) < 4.78 is 2.59. The van der Waals surface area contributed by atoms with Crippen LogP contribution in [0.1, 0.15) is 0 Å². The molecule has 9 aromatic carbocycles. The van der Waals surface area contributed by atoms with Gasteiger partial charge in [0, 0.05) is 47.6 Å². The molecule has 11 aromatic rings. The maximum absolute atomic E-state index is 5.27. The molecule has 0 N–H and O–H groups in total. The lowest BCUT2D eigenvalue weighted by atomic mass is 9.93. The zero-order valence-corrected chi connectivity index (χ0v) is 30.6. The van der Waals surface area contributed by atoms with Gasteiger partial charge in [-0.05, 0) is 68.4 Å². The van der Waals surface area contributed by atoms with Crippen LogP contribution in [-0.4, -0.2) is 9.97 Å². The minimum absolute atomic E-state index is 0.866. The molecule has 0 saturated heterocycles. The molecule has 3 heteroatoms. The van der Waals surface area contributed by atoms with Crippen molar-refractivity contribution in [2.75, 3.05) is 0 Å². The van der Waals surface area contributed by atoms with Crippen LogP contribution < -0.4 is 0 Å². The molecule has 0 bridgehead atoms. The van der Waals surface area contributed by atoms with E-state index in [1.54, 1.807) is 0 Å². The van der Waals surface area contributed by atoms with Gasteiger partial charge in [-0.25, -0.2) is 4.98 Å². The van der Waals surface area contributed by atoms with Crippen molar-refractivity contribution in [1.82, 2.24) is 9.97 Å². The summed E-state index contributed by atoms with van der Waals surface area (Å²) in [7, 11) is 0. The van der Waals surface area contributed by atoms with Gasteiger partial charge in [0.25, 0.3) is 0 Å². The zero-order chi connectivity index (χ0) is 36.3. The highest BCUT2D eigenvalue weighted by atomic mass is 32.1. The Morgan fingerprint density at radius 3 is 1.25 bits per heavy atom. The Hall–Kier alpha value is -6.94. The molecule has 0 atom stereocenters. The molecule has 0 amide bonds. The van der Waals surface area contributed by atoms with Crippen LogP contribution in [0, 0.1) is 0 Å². The van der Waals surface area contributed by atoms with Gasteiger partial charge < -0.3 is 0 Å². The van der Waals surface area contributed by atoms with Gasteiger partial charge in [0.2, 0.25) is 0 Å². The molecule has 0 spiro atoms. The van der Waals surface area contributed by atoms with E-state index < -0.39 is 0 Å². The topological polar surface area (TPSA) is 25.8 Å². The Morgan fingerprint density at radius 2 is 0.727 bits per heavy atom. The normalized spacial score (nSPS) is 11.6. The van der Waals surface area contributed by atoms with Crippen LogP contribution in [0.3, 0.4) is 0 Å². The van der Waals surface area contributed by atoms with Crippen LogP contribution in [-0.2, 0) is 0 Å². The van der Waals surface area contributed by atoms with Crippen LogP contribution >= 0.6 is 11.3 Å². The van der Waals surface area contributed by atoms with Gasteiger partial charge >= 0.3 is 0 Å². The number of nitrogens with zero attached hydrogens (tertiary/aromatic N) is 2. The Balaban J connectivity index is 1.11. The van der Waals surface area contributed by atoms with Gasteiger partial charge in [0.05, 0.1) is 22.9 Å². The highest BCUT2D eigenvalue weighted by molar-refractivity contribution is 7.27. The van der Waals surface area contributed by atoms with Gasteiger partial charge in [-0.3, -0.25) is 4.98 Å². The lowest BCUT2D eigenvalue weighted by molar-refractivity contribution is 1.31. The van der Waals surface area contributed by atoms with Crippen molar-refractivity contribution in [1.29, 1.82) is 0 Å². The third-order valence-electron chi connectivity index (χ3n) is 10.9. The zero-order valence-electron chi connectivity index (χ0n) is 29.8. The molecule has 11 rings (SSSR count). The number of fused-ring (bicyclic) bond motifs is 9. The van der Waals surface area contributed by atoms with Crippen molar-refractivity contribution in [3.05, 3.63) is 194 Å². The van der Waals surface area contributed by atoms with E-state index in [1.165, 1.54) is 75.5 Å². The summed E-state index contributed by atoms with van der Waals surface area (Å²) in [6.45, 7) is 0. The summed E-state index contributed by atoms with van der Waals surface area (Å²) in [5.74, 6) is 0. The van der Waals surface area contributed by atoms with Crippen molar-refractivity contribution in [3.63, 3.8) is 0 Å². The lowest BCUT2D eigenvalue weighted by Gasteiger charge is -2.11. The molecule has 0 fully saturated rings. The third kappa shape index (κ3) is 5.32. The molecular formula is C52H32N2S. The van der Waals surface area contributed by atoms with Crippen LogP contribution in [0.25, 0.3) is 109 Å². The van der Waals surface area contributed by atoms with Gasteiger partial charge in [0.15, 0.2) is 0 Å². The monoisotopic (exact) mass is 716 g/mol. The Bertz CT molecular complexity index is 3190. The maximum atomic E-state index is 5.27. The highest BCUT2D eigenvalue weighted by Crippen LogP contribution is 2.47. The van der Waals surface area contributed by atoms with E-state index in [9.17, 15) is 0 Å². The second-order valence-electron chi connectivity index (χ2n) is 14.1. The van der Waals surface area contributed by atoms with Crippen molar-refractivity contribution >= 4 is 64.1 Å². The van der Waals surface area contributed by atoms with E-state index in [2.05, 4.69) is 188 Å². The van der Waals surface area contributed by atoms with E-state index >= 15 is 0 Å². The summed E-state index contributed by atoms with van der Waals surface area (Å²) in [5, 5.41) is 7.20. The smallest absolute Gasteiger partial charge is 0.0979 e. The molecule has 2 aromatic heterocycles. The fourth-order valence-corrected chi connectivity index (χ4v) is 9.54. The molecule has 2 nitrogen and oxygen atoms in total. The number of benzene rings is 9. The highest BCUT2D eigenvalue weighted by Gasteiger charge is 2.19. The van der Waals surface area contributed by atoms with E-state index in [0.29, 0.717) is 0 Å². The van der Waals surface area contributed by atoms with Gasteiger partial charge in [0.1, 0.15) is 0 Å². The SMILES string of the molecule is c1ccc(-c2cc(-c3ccccc3)c3sc4c(-c5ccc(-c6cnc7c8ccccc8c8ccccc8c7n6)cc5)cc(-c5ccccc5)cc4c3c2)cc1. The first-order valence-corrected chi connectivity index (χ1v) is 19.5. The Labute approximate surface area is 322 Å². The lowest BCUT2D eigenvalue weighted by Crippen LogP contribution is -1.92. The largest absolute Gasteiger partial charge is 0.252 e. The van der Waals surface area contributed by atoms with Gasteiger partial charge in [-0.2, -0.15) is 0 Å². The standard InChI is InChI=1S/C52H32N2S/c1-4-14-33(15-5-1)38-28-44(35-18-8-3-9-19-35)51-46(30-38)47-31-39(34-16-6-2-7-17-34)29-45(52(47)55-51)36-24-26-37(27-25-36)48-32-53-49-42-22-12-10-20-40(42)41-21-11-13-23-43(41)50(49)54-48/h1-32H. The van der Waals surface area contributed by atoms with E-state index in [0.717, 1.165) is 33.1 Å². The molecule has 0 unspecified atom stereocenters. The molecule has 55 heavy (non-hydrogen) atoms. The molecule has 0 aliphatic rings. The predicted molar refractivity (Wildman–Crippen MR) is 235 cm³/mol. The van der Waals surface area contributed by atoms with Crippen LogP contribution in [0.5, 0.6) is 0 Å². The molecule has 0 aliphatic carbocycles. The summed E-state index contributed by atoms with van der Waals surface area (Å²) in [5.41, 5.74) is 13.5. The summed E-state index contributed by atoms with van der Waals surface area (Å²) >= 11 is 1.89. The average Bonchev–Trinajstić information content (AvgIpc) is 3.65. The number of rotatable bonds is 5. The maximum Gasteiger partial charge on any atom is 0.0979 e. The molecule has 256 valence electrons. The molecule has 0 aliphatic heterocycles. The first kappa shape index (κ1) is 31.6. The second-order valence-corrected chi connectivity index (χ2v) is 15.1. The number of hydrogen-bond donors (Lipinski definition) is 0. The number of thiophene rings is 1. The first-order chi connectivity index (χ1) is 27.3. The van der Waals surface area contributed by atoms with Crippen molar-refractivity contribution in [2.24, 2.45) is 0 Å². The predicted octanol–water partition coefficient (Wildman–Crippen LogP) is 14.6. The second kappa shape index (κ2) is 12.9. The fourth-order valence-electron chi connectivity index (χ4n) is 8.20. The van der Waals surface area contributed by atoms with E-state index in [1.807, 2.05) is 17.5 Å². The molecule has 2 heterocycles. The van der Waals surface area contributed by atoms with Crippen LogP contribution in [0.2, 0.25) is 0 Å². The van der Waals surface area contributed by atoms with Crippen LogP contribution in [0.4, 0.5) is 0 Å². The van der Waals surface area contributed by atoms with E-state index in [-0.39, 0.29) is 0 Å². The minimum Gasteiger partial charge on any atom is -0.252 e. The molecule has 0 saturated carbocycles. The number of aromatic nitrogens is 2. The fraction of sp³-hybridized carbons (Fsp3) is 0. The Kier molecular flexibility index (Phi) is 7.39. The Morgan fingerprint density at radius 1 is 0.309 bits per heavy atom. The summed E-state index contributed by atoms with van der Waals surface area (Å²) in [4.78, 5) is 10.3. The summed E-state index contributed by atoms with van der Waals surface area (Å²) in [6.07, 6.45) is 1.92. The average molecular weight is 717 g/mol. The minimum atomic E-state index is 0.866. The van der Waals surface area contributed by atoms with Gasteiger partial charge in [-0.1, -0.05) is 164 Å². The first-order valence-electron chi connectivity index (χ1n) is 18.6. The van der Waals surface area contributed by atoms with Crippen molar-refractivity contribution in [2.45, 2.75) is 0 Å². The van der Waals surface area contributed by atoms with Crippen molar-refractivity contribution in [3.8, 4) is 55.8 Å². The van der Waals surface area contributed by atoms with Gasteiger partial charge in [-0.15, -0.1) is 11.3 Å². The molecular weight excluding hydrogens is 685 g/mol. The van der Waals surface area contributed by atoms with E-state index in [4.69, 9.17) is 9.97 Å². The van der Waals surface area contributed by atoms with Crippen molar-refractivity contribution < 1.29 is 0 Å². The third-order valence-corrected chi connectivity index (χ3v) is 12.2. The quantitative estimate of drug-likeness (QED) is 0.166. The summed E-state index contributed by atoms with van der Waals surface area (Å²) in [6, 6.07) is 67.7. The number of hydrogen-bond acceptors (Lipinski definition) is 3. The molecule has 0 radical (unpaired) electrons.